The average Bonchev–Trinajstić information content (AvgIpc) is 3.20. The third-order valence-corrected chi connectivity index (χ3v) is 6.21. The van der Waals surface area contributed by atoms with Crippen LogP contribution in [0.15, 0.2) is 72.5 Å². The average molecular weight is 388 g/mol. The molecule has 0 fully saturated rings. The van der Waals surface area contributed by atoms with Gasteiger partial charge >= 0.3 is 0 Å². The molecule has 148 valence electrons. The van der Waals surface area contributed by atoms with E-state index in [1.165, 1.54) is 55.3 Å². The van der Waals surface area contributed by atoms with Gasteiger partial charge in [0.1, 0.15) is 0 Å². The molecule has 0 saturated carbocycles. The Kier molecular flexibility index (Phi) is 5.41. The van der Waals surface area contributed by atoms with Crippen molar-refractivity contribution in [1.29, 1.82) is 0 Å². The van der Waals surface area contributed by atoms with E-state index >= 15 is 0 Å². The lowest BCUT2D eigenvalue weighted by molar-refractivity contribution is 1.34. The van der Waals surface area contributed by atoms with E-state index in [0.29, 0.717) is 0 Å². The maximum Gasteiger partial charge on any atom is 0.242 e. The smallest absolute Gasteiger partial charge is 0.112 e. The van der Waals surface area contributed by atoms with Crippen LogP contribution >= 0.6 is 0 Å². The Morgan fingerprint density at radius 1 is 0.633 bits per heavy atom. The van der Waals surface area contributed by atoms with Gasteiger partial charge in [0.2, 0.25) is 6.71 Å². The molecule has 0 atom stereocenters. The van der Waals surface area contributed by atoms with Gasteiger partial charge in [0.25, 0.3) is 0 Å². The Labute approximate surface area is 181 Å². The van der Waals surface area contributed by atoms with Gasteiger partial charge in [-0.25, -0.2) is 0 Å². The summed E-state index contributed by atoms with van der Waals surface area (Å²) in [5.74, 6) is 0. The van der Waals surface area contributed by atoms with Crippen molar-refractivity contribution in [2.45, 2.75) is 41.5 Å². The highest BCUT2D eigenvalue weighted by atomic mass is 14.1. The first-order valence-corrected chi connectivity index (χ1v) is 10.7. The first-order valence-electron chi connectivity index (χ1n) is 10.7. The molecule has 1 heteroatoms. The molecule has 30 heavy (non-hydrogen) atoms. The molecule has 0 bridgehead atoms. The molecular formula is C29H29B. The molecule has 0 spiro atoms. The Balaban J connectivity index is 1.94. The molecule has 3 aromatic carbocycles. The zero-order valence-electron chi connectivity index (χ0n) is 18.9. The van der Waals surface area contributed by atoms with Gasteiger partial charge in [-0.3, -0.25) is 0 Å². The third kappa shape index (κ3) is 3.74. The van der Waals surface area contributed by atoms with Crippen molar-refractivity contribution in [1.82, 2.24) is 0 Å². The number of hydrogen-bond acceptors (Lipinski definition) is 0. The topological polar surface area (TPSA) is 0 Å². The summed E-state index contributed by atoms with van der Waals surface area (Å²) in [4.78, 5) is 0. The predicted molar refractivity (Wildman–Crippen MR) is 133 cm³/mol. The van der Waals surface area contributed by atoms with Crippen LogP contribution in [-0.2, 0) is 0 Å². The maximum atomic E-state index is 3.31. The fraction of sp³-hybridized carbons (Fsp3) is 0.207. The van der Waals surface area contributed by atoms with E-state index in [1.54, 1.807) is 0 Å². The summed E-state index contributed by atoms with van der Waals surface area (Å²) < 4.78 is 0. The molecule has 0 unspecified atom stereocenters. The van der Waals surface area contributed by atoms with Gasteiger partial charge in [0.05, 0.1) is 0 Å². The molecular weight excluding hydrogens is 359 g/mol. The van der Waals surface area contributed by atoms with E-state index in [-0.39, 0.29) is 6.71 Å². The van der Waals surface area contributed by atoms with Crippen LogP contribution in [0.5, 0.6) is 0 Å². The highest BCUT2D eigenvalue weighted by Gasteiger charge is 2.28. The van der Waals surface area contributed by atoms with Crippen molar-refractivity contribution < 1.29 is 0 Å². The number of aryl methyl sites for hydroxylation is 6. The van der Waals surface area contributed by atoms with E-state index in [4.69, 9.17) is 0 Å². The molecule has 0 aliphatic heterocycles. The minimum absolute atomic E-state index is 0.226. The predicted octanol–water partition coefficient (Wildman–Crippen LogP) is 5.16. The van der Waals surface area contributed by atoms with Gasteiger partial charge in [-0.15, -0.1) is 5.73 Å². The van der Waals surface area contributed by atoms with Crippen molar-refractivity contribution in [2.75, 3.05) is 0 Å². The Hall–Kier alpha value is -3.02. The zero-order valence-corrected chi connectivity index (χ0v) is 18.9. The number of hydrogen-bond donors (Lipinski definition) is 0. The quantitative estimate of drug-likeness (QED) is 0.428. The van der Waals surface area contributed by atoms with Crippen LogP contribution in [0.3, 0.4) is 0 Å². The van der Waals surface area contributed by atoms with E-state index in [0.717, 1.165) is 5.57 Å². The summed E-state index contributed by atoms with van der Waals surface area (Å²) >= 11 is 0. The van der Waals surface area contributed by atoms with Crippen molar-refractivity contribution in [3.63, 3.8) is 0 Å². The van der Waals surface area contributed by atoms with E-state index in [1.807, 2.05) is 12.2 Å². The fourth-order valence-electron chi connectivity index (χ4n) is 5.14. The molecule has 1 aliphatic carbocycles. The maximum absolute atomic E-state index is 3.31. The Morgan fingerprint density at radius 2 is 1.10 bits per heavy atom. The van der Waals surface area contributed by atoms with Crippen LogP contribution in [-0.4, -0.2) is 6.71 Å². The summed E-state index contributed by atoms with van der Waals surface area (Å²) in [6.07, 6.45) is 6.14. The first kappa shape index (κ1) is 20.3. The summed E-state index contributed by atoms with van der Waals surface area (Å²) in [5.41, 5.74) is 18.0. The van der Waals surface area contributed by atoms with Crippen molar-refractivity contribution >= 4 is 28.7 Å². The van der Waals surface area contributed by atoms with E-state index in [9.17, 15) is 0 Å². The second-order valence-corrected chi connectivity index (χ2v) is 8.76. The summed E-state index contributed by atoms with van der Waals surface area (Å²) in [7, 11) is 0. The lowest BCUT2D eigenvalue weighted by atomic mass is 9.34. The number of allylic oxidation sites excluding steroid dienone is 3. The first-order chi connectivity index (χ1) is 14.3. The minimum Gasteiger partial charge on any atom is -0.112 e. The molecule has 0 amide bonds. The number of benzene rings is 3. The summed E-state index contributed by atoms with van der Waals surface area (Å²) in [6, 6.07) is 18.4. The fourth-order valence-corrected chi connectivity index (χ4v) is 5.14. The SMILES string of the molecule is Cc1cc(C)c(B(c2ccc(C3=C=CC=C3)cc2)c2c(C)cc(C)cc2C)c(C)c1. The van der Waals surface area contributed by atoms with Crippen molar-refractivity contribution in [2.24, 2.45) is 0 Å². The molecule has 0 heterocycles. The summed E-state index contributed by atoms with van der Waals surface area (Å²) in [6.45, 7) is 13.6. The van der Waals surface area contributed by atoms with Gasteiger partial charge in [-0.05, 0) is 59.3 Å². The van der Waals surface area contributed by atoms with E-state index < -0.39 is 0 Å². The monoisotopic (exact) mass is 388 g/mol. The van der Waals surface area contributed by atoms with Gasteiger partial charge in [0.15, 0.2) is 0 Å². The molecule has 0 N–H and O–H groups in total. The highest BCUT2D eigenvalue weighted by molar-refractivity contribution is 6.96. The summed E-state index contributed by atoms with van der Waals surface area (Å²) in [5, 5.41) is 0. The lowest BCUT2D eigenvalue weighted by Crippen LogP contribution is -2.55. The second-order valence-electron chi connectivity index (χ2n) is 8.76. The van der Waals surface area contributed by atoms with Crippen LogP contribution in [0, 0.1) is 41.5 Å². The van der Waals surface area contributed by atoms with Gasteiger partial charge in [0, 0.05) is 5.57 Å². The standard InChI is InChI=1S/C29H29B/c1-19-15-21(3)28(22(4)16-19)30(29-23(5)17-20(2)18-24(29)6)27-13-11-26(12-14-27)25-9-7-8-10-25/h7-9,11-18H,1-6H3. The Morgan fingerprint density at radius 3 is 1.50 bits per heavy atom. The molecule has 0 nitrogen and oxygen atoms in total. The minimum atomic E-state index is 0.226. The van der Waals surface area contributed by atoms with Crippen LogP contribution in [0.1, 0.15) is 38.9 Å². The molecule has 3 aromatic rings. The lowest BCUT2D eigenvalue weighted by Gasteiger charge is -2.24. The van der Waals surface area contributed by atoms with Crippen LogP contribution in [0.2, 0.25) is 0 Å². The molecule has 0 saturated heterocycles. The molecule has 0 radical (unpaired) electrons. The normalized spacial score (nSPS) is 12.4. The molecule has 4 rings (SSSR count). The van der Waals surface area contributed by atoms with Crippen molar-refractivity contribution in [3.05, 3.63) is 111 Å². The zero-order chi connectivity index (χ0) is 21.4. The van der Waals surface area contributed by atoms with Gasteiger partial charge in [-0.1, -0.05) is 104 Å². The van der Waals surface area contributed by atoms with Gasteiger partial charge < -0.3 is 0 Å². The van der Waals surface area contributed by atoms with Crippen molar-refractivity contribution in [3.8, 4) is 0 Å². The number of rotatable bonds is 4. The third-order valence-electron chi connectivity index (χ3n) is 6.21. The van der Waals surface area contributed by atoms with E-state index in [2.05, 4.69) is 102 Å². The highest BCUT2D eigenvalue weighted by Crippen LogP contribution is 2.18. The van der Waals surface area contributed by atoms with Gasteiger partial charge in [-0.2, -0.15) is 0 Å². The molecule has 1 aliphatic rings. The second kappa shape index (κ2) is 8.02. The molecule has 0 aromatic heterocycles. The van der Waals surface area contributed by atoms with Crippen LogP contribution in [0.25, 0.3) is 5.57 Å². The largest absolute Gasteiger partial charge is 0.242 e. The van der Waals surface area contributed by atoms with Crippen LogP contribution in [0.4, 0.5) is 0 Å². The Bertz CT molecular complexity index is 1110. The van der Waals surface area contributed by atoms with Crippen LogP contribution < -0.4 is 16.4 Å².